The molecule has 0 amide bonds. The summed E-state index contributed by atoms with van der Waals surface area (Å²) in [6.07, 6.45) is 7.37. The maximum Gasteiger partial charge on any atom is 0.172 e. The monoisotopic (exact) mass is 410 g/mol. The van der Waals surface area contributed by atoms with Gasteiger partial charge >= 0.3 is 0 Å². The first kappa shape index (κ1) is 18.4. The molecule has 6 heteroatoms. The summed E-state index contributed by atoms with van der Waals surface area (Å²) in [6, 6.07) is 0. The van der Waals surface area contributed by atoms with Gasteiger partial charge in [0.1, 0.15) is 9.70 Å². The first-order valence-electron chi connectivity index (χ1n) is 6.68. The number of hydrogen-bond donors (Lipinski definition) is 0. The molecule has 1 aliphatic carbocycles. The molecule has 0 N–H and O–H groups in total. The number of Topliss-reactive ketones (excluding diaryl/α,β-unsaturated/α-hetero) is 1. The molecule has 0 heterocycles. The van der Waals surface area contributed by atoms with E-state index >= 15 is 0 Å². The van der Waals surface area contributed by atoms with E-state index in [1.165, 1.54) is 19.3 Å². The third-order valence-corrected chi connectivity index (χ3v) is 8.01. The summed E-state index contributed by atoms with van der Waals surface area (Å²) in [6.45, 7) is 2.18. The van der Waals surface area contributed by atoms with E-state index in [1.54, 1.807) is 0 Å². The fourth-order valence-electron chi connectivity index (χ4n) is 2.36. The number of hydrogen-bond acceptors (Lipinski definition) is 1. The van der Waals surface area contributed by atoms with Crippen LogP contribution in [0.15, 0.2) is 0 Å². The van der Waals surface area contributed by atoms with Crippen molar-refractivity contribution in [2.45, 2.75) is 71.3 Å². The van der Waals surface area contributed by atoms with E-state index in [2.05, 4.69) is 22.9 Å². The van der Waals surface area contributed by atoms with Crippen molar-refractivity contribution in [2.75, 3.05) is 0 Å². The molecule has 1 fully saturated rings. The standard InChI is InChI=1S/C13H19BrCl4O/c1-2-3-4-5-6-7-8-12(14)11(19)9(15)10(16)13(12,17)18/h9-10H,2-8H2,1H3. The van der Waals surface area contributed by atoms with Crippen molar-refractivity contribution in [2.24, 2.45) is 0 Å². The highest BCUT2D eigenvalue weighted by atomic mass is 79.9. The normalized spacial score (nSPS) is 33.9. The molecule has 1 saturated carbocycles. The number of halogens is 5. The van der Waals surface area contributed by atoms with Gasteiger partial charge in [0.05, 0.1) is 5.38 Å². The SMILES string of the molecule is CCCCCCCCC1(Br)C(=O)C(Cl)C(Cl)C1(Cl)Cl. The van der Waals surface area contributed by atoms with E-state index in [4.69, 9.17) is 46.4 Å². The summed E-state index contributed by atoms with van der Waals surface area (Å²) in [5.74, 6) is -0.201. The zero-order chi connectivity index (χ0) is 14.7. The quantitative estimate of drug-likeness (QED) is 0.379. The van der Waals surface area contributed by atoms with Crippen LogP contribution in [0.3, 0.4) is 0 Å². The maximum absolute atomic E-state index is 12.2. The Balaban J connectivity index is 2.53. The zero-order valence-electron chi connectivity index (χ0n) is 10.9. The van der Waals surface area contributed by atoms with E-state index < -0.39 is 19.4 Å². The number of alkyl halides is 5. The van der Waals surface area contributed by atoms with Gasteiger partial charge < -0.3 is 0 Å². The lowest BCUT2D eigenvalue weighted by Crippen LogP contribution is -2.44. The van der Waals surface area contributed by atoms with Crippen LogP contribution in [0.25, 0.3) is 0 Å². The largest absolute Gasteiger partial charge is 0.296 e. The molecular formula is C13H19BrCl4O. The predicted molar refractivity (Wildman–Crippen MR) is 88.4 cm³/mol. The summed E-state index contributed by atoms with van der Waals surface area (Å²) >= 11 is 28.0. The molecule has 0 aromatic carbocycles. The molecule has 3 atom stereocenters. The Morgan fingerprint density at radius 2 is 1.63 bits per heavy atom. The van der Waals surface area contributed by atoms with Gasteiger partial charge in [-0.3, -0.25) is 4.79 Å². The first-order valence-corrected chi connectivity index (χ1v) is 9.10. The van der Waals surface area contributed by atoms with E-state index in [0.29, 0.717) is 6.42 Å². The first-order chi connectivity index (χ1) is 8.79. The van der Waals surface area contributed by atoms with Crippen LogP contribution < -0.4 is 0 Å². The molecule has 0 spiro atoms. The van der Waals surface area contributed by atoms with Crippen molar-refractivity contribution in [3.63, 3.8) is 0 Å². The van der Waals surface area contributed by atoms with Crippen molar-refractivity contribution in [1.82, 2.24) is 0 Å². The fourth-order valence-corrected chi connectivity index (χ4v) is 4.83. The predicted octanol–water partition coefficient (Wildman–Crippen LogP) is 5.84. The molecule has 3 unspecified atom stereocenters. The van der Waals surface area contributed by atoms with Gasteiger partial charge in [-0.2, -0.15) is 0 Å². The summed E-state index contributed by atoms with van der Waals surface area (Å²) < 4.78 is -2.38. The Labute approximate surface area is 143 Å². The van der Waals surface area contributed by atoms with Gasteiger partial charge in [0.25, 0.3) is 0 Å². The van der Waals surface area contributed by atoms with Crippen molar-refractivity contribution < 1.29 is 4.79 Å². The minimum Gasteiger partial charge on any atom is -0.296 e. The summed E-state index contributed by atoms with van der Waals surface area (Å²) in [5.41, 5.74) is 0. The van der Waals surface area contributed by atoms with Crippen LogP contribution in [0.5, 0.6) is 0 Å². The van der Waals surface area contributed by atoms with Crippen molar-refractivity contribution in [1.29, 1.82) is 0 Å². The van der Waals surface area contributed by atoms with Gasteiger partial charge in [-0.25, -0.2) is 0 Å². The topological polar surface area (TPSA) is 17.1 Å². The third kappa shape index (κ3) is 3.74. The minimum absolute atomic E-state index is 0.201. The average Bonchev–Trinajstić information content (AvgIpc) is 2.48. The summed E-state index contributed by atoms with van der Waals surface area (Å²) in [5, 5.41) is -1.61. The summed E-state index contributed by atoms with van der Waals surface area (Å²) in [4.78, 5) is 12.2. The van der Waals surface area contributed by atoms with E-state index in [1.807, 2.05) is 0 Å². The minimum atomic E-state index is -1.36. The second-order valence-corrected chi connectivity index (χ2v) is 8.79. The molecule has 0 saturated heterocycles. The molecule has 1 rings (SSSR count). The second-order valence-electron chi connectivity index (χ2n) is 5.11. The molecule has 0 aromatic rings. The number of carbonyl (C=O) groups excluding carboxylic acids is 1. The number of ketones is 1. The van der Waals surface area contributed by atoms with Crippen molar-refractivity contribution in [3.05, 3.63) is 0 Å². The smallest absolute Gasteiger partial charge is 0.172 e. The van der Waals surface area contributed by atoms with Gasteiger partial charge in [0.15, 0.2) is 10.1 Å². The zero-order valence-corrected chi connectivity index (χ0v) is 15.5. The molecule has 0 radical (unpaired) electrons. The lowest BCUT2D eigenvalue weighted by Gasteiger charge is -2.31. The van der Waals surface area contributed by atoms with E-state index in [9.17, 15) is 4.79 Å². The maximum atomic E-state index is 12.2. The van der Waals surface area contributed by atoms with Gasteiger partial charge in [-0.05, 0) is 6.42 Å². The van der Waals surface area contributed by atoms with Gasteiger partial charge in [0.2, 0.25) is 0 Å². The molecule has 112 valence electrons. The summed E-state index contributed by atoms with van der Waals surface area (Å²) in [7, 11) is 0. The van der Waals surface area contributed by atoms with E-state index in [0.717, 1.165) is 19.3 Å². The number of carbonyl (C=O) groups is 1. The van der Waals surface area contributed by atoms with E-state index in [-0.39, 0.29) is 5.78 Å². The molecule has 0 aromatic heterocycles. The highest BCUT2D eigenvalue weighted by Gasteiger charge is 2.66. The van der Waals surface area contributed by atoms with Gasteiger partial charge in [0, 0.05) is 0 Å². The molecular weight excluding hydrogens is 394 g/mol. The lowest BCUT2D eigenvalue weighted by atomic mass is 9.97. The van der Waals surface area contributed by atoms with Crippen LogP contribution in [0.4, 0.5) is 0 Å². The number of rotatable bonds is 7. The molecule has 0 bridgehead atoms. The Hall–Kier alpha value is 1.31. The molecule has 19 heavy (non-hydrogen) atoms. The van der Waals surface area contributed by atoms with Crippen molar-refractivity contribution in [3.8, 4) is 0 Å². The van der Waals surface area contributed by atoms with Crippen LogP contribution in [-0.4, -0.2) is 25.2 Å². The Bertz CT molecular complexity index is 324. The Morgan fingerprint density at radius 3 is 2.11 bits per heavy atom. The second kappa shape index (κ2) is 7.54. The molecule has 1 nitrogen and oxygen atoms in total. The highest BCUT2D eigenvalue weighted by molar-refractivity contribution is 9.10. The fraction of sp³-hybridized carbons (Fsp3) is 0.923. The van der Waals surface area contributed by atoms with Crippen LogP contribution in [0.1, 0.15) is 51.9 Å². The van der Waals surface area contributed by atoms with Gasteiger partial charge in [-0.15, -0.1) is 23.2 Å². The average molecular weight is 413 g/mol. The Kier molecular flexibility index (Phi) is 7.28. The third-order valence-electron chi connectivity index (χ3n) is 3.65. The highest BCUT2D eigenvalue weighted by Crippen LogP contribution is 2.56. The van der Waals surface area contributed by atoms with Gasteiger partial charge in [-0.1, -0.05) is 84.6 Å². The van der Waals surface area contributed by atoms with Crippen LogP contribution in [0, 0.1) is 0 Å². The van der Waals surface area contributed by atoms with Crippen LogP contribution in [0.2, 0.25) is 0 Å². The number of unbranched alkanes of at least 4 members (excludes halogenated alkanes) is 5. The Morgan fingerprint density at radius 1 is 1.11 bits per heavy atom. The van der Waals surface area contributed by atoms with Crippen molar-refractivity contribution >= 4 is 68.1 Å². The molecule has 1 aliphatic rings. The molecule has 0 aliphatic heterocycles. The van der Waals surface area contributed by atoms with Crippen LogP contribution in [-0.2, 0) is 4.79 Å². The lowest BCUT2D eigenvalue weighted by molar-refractivity contribution is -0.119. The van der Waals surface area contributed by atoms with Crippen LogP contribution >= 0.6 is 62.3 Å².